The maximum atomic E-state index is 11.3. The molecule has 1 aliphatic rings. The van der Waals surface area contributed by atoms with Crippen molar-refractivity contribution >= 4 is 16.3 Å². The van der Waals surface area contributed by atoms with Crippen LogP contribution in [0.25, 0.3) is 0 Å². The monoisotopic (exact) mass is 252 g/mol. The zero-order valence-corrected chi connectivity index (χ0v) is 9.84. The summed E-state index contributed by atoms with van der Waals surface area (Å²) in [4.78, 5) is 10.7. The lowest BCUT2D eigenvalue weighted by Gasteiger charge is -2.14. The van der Waals surface area contributed by atoms with Gasteiger partial charge < -0.3 is 9.84 Å². The van der Waals surface area contributed by atoms with Crippen LogP contribution in [0.5, 0.6) is 0 Å². The summed E-state index contributed by atoms with van der Waals surface area (Å²) in [7, 11) is -2.78. The third kappa shape index (κ3) is 3.95. The van der Waals surface area contributed by atoms with Gasteiger partial charge in [0.1, 0.15) is 0 Å². The Morgan fingerprint density at radius 2 is 2.12 bits per heavy atom. The highest BCUT2D eigenvalue weighted by molar-refractivity contribution is 7.88. The lowest BCUT2D eigenvalue weighted by Crippen LogP contribution is -2.42. The minimum absolute atomic E-state index is 0.0339. The van der Waals surface area contributed by atoms with Gasteiger partial charge in [0.2, 0.25) is 0 Å². The average Bonchev–Trinajstić information content (AvgIpc) is 2.96. The normalized spacial score (nSPS) is 17.9. The van der Waals surface area contributed by atoms with Gasteiger partial charge in [0, 0.05) is 13.2 Å². The number of amides is 1. The van der Waals surface area contributed by atoms with E-state index >= 15 is 0 Å². The Bertz CT molecular complexity index is 349. The molecule has 0 saturated heterocycles. The molecular formula is C8H16N2O5S. The summed E-state index contributed by atoms with van der Waals surface area (Å²) < 4.78 is 30.7. The van der Waals surface area contributed by atoms with Gasteiger partial charge in [0.25, 0.3) is 0 Å². The molecule has 8 heteroatoms. The molecule has 0 aromatic rings. The van der Waals surface area contributed by atoms with Gasteiger partial charge in [-0.15, -0.1) is 0 Å². The second-order valence-corrected chi connectivity index (χ2v) is 5.39. The summed E-state index contributed by atoms with van der Waals surface area (Å²) in [6.45, 7) is 0.256. The minimum Gasteiger partial charge on any atom is -0.452 e. The highest BCUT2D eigenvalue weighted by Crippen LogP contribution is 2.47. The van der Waals surface area contributed by atoms with Gasteiger partial charge in [0.15, 0.2) is 0 Å². The highest BCUT2D eigenvalue weighted by Gasteiger charge is 2.42. The van der Waals surface area contributed by atoms with E-state index in [-0.39, 0.29) is 18.6 Å². The van der Waals surface area contributed by atoms with Crippen molar-refractivity contribution < 1.29 is 23.1 Å². The third-order valence-corrected chi connectivity index (χ3v) is 3.60. The number of aliphatic hydroxyl groups is 1. The van der Waals surface area contributed by atoms with E-state index in [2.05, 4.69) is 9.46 Å². The first-order valence-electron chi connectivity index (χ1n) is 4.89. The number of nitrogens with one attached hydrogen (secondary N) is 2. The SMILES string of the molecule is COC(=O)NS(=O)(=O)NCC1(CCO)CC1. The van der Waals surface area contributed by atoms with Gasteiger partial charge in [0.05, 0.1) is 7.11 Å². The Morgan fingerprint density at radius 3 is 2.56 bits per heavy atom. The van der Waals surface area contributed by atoms with Crippen LogP contribution in [0, 0.1) is 5.41 Å². The molecule has 0 atom stereocenters. The summed E-state index contributed by atoms with van der Waals surface area (Å²) in [5, 5.41) is 8.79. The number of aliphatic hydroxyl groups excluding tert-OH is 1. The van der Waals surface area contributed by atoms with Gasteiger partial charge >= 0.3 is 16.3 Å². The largest absolute Gasteiger partial charge is 0.452 e. The van der Waals surface area contributed by atoms with Crippen molar-refractivity contribution in [1.82, 2.24) is 9.44 Å². The standard InChI is InChI=1S/C8H16N2O5S/c1-15-7(12)10-16(13,14)9-6-8(2-3-8)4-5-11/h9,11H,2-6H2,1H3,(H,10,12). The first-order valence-corrected chi connectivity index (χ1v) is 6.38. The molecule has 0 aromatic carbocycles. The number of rotatable bonds is 6. The quantitative estimate of drug-likeness (QED) is 0.582. The summed E-state index contributed by atoms with van der Waals surface area (Å²) in [6, 6.07) is 0. The molecule has 0 radical (unpaired) electrons. The van der Waals surface area contributed by atoms with Crippen molar-refractivity contribution in [3.8, 4) is 0 Å². The lowest BCUT2D eigenvalue weighted by molar-refractivity contribution is 0.177. The molecule has 0 bridgehead atoms. The van der Waals surface area contributed by atoms with Crippen molar-refractivity contribution in [2.24, 2.45) is 5.41 Å². The maximum Gasteiger partial charge on any atom is 0.421 e. The topological polar surface area (TPSA) is 105 Å². The van der Waals surface area contributed by atoms with Gasteiger partial charge in [-0.05, 0) is 24.7 Å². The Hall–Kier alpha value is -0.860. The minimum atomic E-state index is -3.86. The maximum absolute atomic E-state index is 11.3. The van der Waals surface area contributed by atoms with E-state index in [1.807, 2.05) is 0 Å². The van der Waals surface area contributed by atoms with Gasteiger partial charge in [-0.3, -0.25) is 0 Å². The first-order chi connectivity index (χ1) is 7.43. The first kappa shape index (κ1) is 13.2. The van der Waals surface area contributed by atoms with Crippen LogP contribution in [0.15, 0.2) is 0 Å². The molecule has 1 saturated carbocycles. The molecule has 1 aliphatic carbocycles. The van der Waals surface area contributed by atoms with Crippen molar-refractivity contribution in [2.45, 2.75) is 19.3 Å². The van der Waals surface area contributed by atoms with E-state index < -0.39 is 16.3 Å². The van der Waals surface area contributed by atoms with Crippen molar-refractivity contribution in [3.05, 3.63) is 0 Å². The van der Waals surface area contributed by atoms with Crippen LogP contribution >= 0.6 is 0 Å². The van der Waals surface area contributed by atoms with Crippen LogP contribution in [0.2, 0.25) is 0 Å². The Labute approximate surface area is 94.4 Å². The summed E-state index contributed by atoms with van der Waals surface area (Å²) in [5.41, 5.74) is -0.139. The number of ether oxygens (including phenoxy) is 1. The number of carbonyl (C=O) groups excluding carboxylic acids is 1. The second kappa shape index (κ2) is 4.98. The molecule has 3 N–H and O–H groups in total. The van der Waals surface area contributed by atoms with Crippen LogP contribution in [-0.4, -0.2) is 39.9 Å². The van der Waals surface area contributed by atoms with Crippen molar-refractivity contribution in [1.29, 1.82) is 0 Å². The van der Waals surface area contributed by atoms with E-state index in [9.17, 15) is 13.2 Å². The van der Waals surface area contributed by atoms with Gasteiger partial charge in [-0.25, -0.2) is 9.52 Å². The molecule has 16 heavy (non-hydrogen) atoms. The number of carbonyl (C=O) groups is 1. The summed E-state index contributed by atoms with van der Waals surface area (Å²) >= 11 is 0. The third-order valence-electron chi connectivity index (χ3n) is 2.64. The molecular weight excluding hydrogens is 236 g/mol. The molecule has 1 fully saturated rings. The molecule has 0 aliphatic heterocycles. The second-order valence-electron chi connectivity index (χ2n) is 3.89. The fourth-order valence-corrected chi connectivity index (χ4v) is 2.24. The zero-order chi connectivity index (χ0) is 12.2. The van der Waals surface area contributed by atoms with E-state index in [0.717, 1.165) is 20.0 Å². The van der Waals surface area contributed by atoms with E-state index in [4.69, 9.17) is 5.11 Å². The number of methoxy groups -OCH3 is 1. The zero-order valence-electron chi connectivity index (χ0n) is 9.02. The number of hydrogen-bond acceptors (Lipinski definition) is 5. The summed E-state index contributed by atoms with van der Waals surface area (Å²) in [5.74, 6) is 0. The fourth-order valence-electron chi connectivity index (χ4n) is 1.36. The fraction of sp³-hybridized carbons (Fsp3) is 0.875. The molecule has 1 rings (SSSR count). The van der Waals surface area contributed by atoms with Crippen molar-refractivity contribution in [2.75, 3.05) is 20.3 Å². The molecule has 7 nitrogen and oxygen atoms in total. The van der Waals surface area contributed by atoms with Crippen molar-refractivity contribution in [3.63, 3.8) is 0 Å². The molecule has 0 heterocycles. The molecule has 0 spiro atoms. The predicted octanol–water partition coefficient (Wildman–Crippen LogP) is -0.661. The molecule has 0 unspecified atom stereocenters. The smallest absolute Gasteiger partial charge is 0.421 e. The van der Waals surface area contributed by atoms with Crippen LogP contribution in [0.4, 0.5) is 4.79 Å². The van der Waals surface area contributed by atoms with Crippen LogP contribution in [0.1, 0.15) is 19.3 Å². The van der Waals surface area contributed by atoms with Crippen LogP contribution in [-0.2, 0) is 14.9 Å². The average molecular weight is 252 g/mol. The molecule has 94 valence electrons. The Kier molecular flexibility index (Phi) is 4.11. The Morgan fingerprint density at radius 1 is 1.50 bits per heavy atom. The Balaban J connectivity index is 2.39. The van der Waals surface area contributed by atoms with Gasteiger partial charge in [-0.2, -0.15) is 13.1 Å². The molecule has 1 amide bonds. The van der Waals surface area contributed by atoms with E-state index in [1.165, 1.54) is 0 Å². The lowest BCUT2D eigenvalue weighted by atomic mass is 10.0. The van der Waals surface area contributed by atoms with Crippen LogP contribution < -0.4 is 9.44 Å². The van der Waals surface area contributed by atoms with E-state index in [1.54, 1.807) is 4.72 Å². The molecule has 0 aromatic heterocycles. The van der Waals surface area contributed by atoms with Crippen LogP contribution in [0.3, 0.4) is 0 Å². The summed E-state index contributed by atoms with van der Waals surface area (Å²) in [6.07, 6.45) is 1.30. The number of hydrogen-bond donors (Lipinski definition) is 3. The predicted molar refractivity (Wildman–Crippen MR) is 55.8 cm³/mol. The highest BCUT2D eigenvalue weighted by atomic mass is 32.2. The van der Waals surface area contributed by atoms with Gasteiger partial charge in [-0.1, -0.05) is 0 Å². The van der Waals surface area contributed by atoms with E-state index in [0.29, 0.717) is 6.42 Å².